The number of hydrogen-bond donors (Lipinski definition) is 6. The van der Waals surface area contributed by atoms with E-state index in [-0.39, 0.29) is 74.7 Å². The van der Waals surface area contributed by atoms with Gasteiger partial charge in [0.05, 0.1) is 38.4 Å². The van der Waals surface area contributed by atoms with Gasteiger partial charge in [-0.15, -0.1) is 0 Å². The van der Waals surface area contributed by atoms with Crippen LogP contribution in [0.1, 0.15) is 11.1 Å². The van der Waals surface area contributed by atoms with Crippen LogP contribution in [0.4, 0.5) is 3.89 Å². The van der Waals surface area contributed by atoms with Crippen molar-refractivity contribution in [1.82, 2.24) is 20.6 Å². The van der Waals surface area contributed by atoms with Crippen LogP contribution in [0.25, 0.3) is 21.8 Å². The molecule has 2 amide bonds. The van der Waals surface area contributed by atoms with E-state index in [1.165, 1.54) is 0 Å². The minimum absolute atomic E-state index is 0.00217. The zero-order valence-electron chi connectivity index (χ0n) is 20.5. The molecule has 1 atom stereocenters. The van der Waals surface area contributed by atoms with Crippen molar-refractivity contribution in [3.8, 4) is 11.5 Å². The number of carbonyl (C=O) groups excluding carboxylic acids is 2. The number of aromatic nitrogens is 2. The van der Waals surface area contributed by atoms with E-state index in [1.54, 1.807) is 48.8 Å². The van der Waals surface area contributed by atoms with Crippen LogP contribution in [0.2, 0.25) is 0 Å². The lowest BCUT2D eigenvalue weighted by Crippen LogP contribution is -2.49. The second kappa shape index (κ2) is 13.2. The monoisotopic (exact) mass is 544 g/mol. The molecule has 0 aliphatic carbocycles. The fraction of sp³-hybridized carbons (Fsp3) is 0.308. The Bertz CT molecular complexity index is 1390. The fourth-order valence-electron chi connectivity index (χ4n) is 4.18. The van der Waals surface area contributed by atoms with Crippen molar-refractivity contribution < 1.29 is 33.2 Å². The summed E-state index contributed by atoms with van der Waals surface area (Å²) in [5.41, 5.74) is 3.02. The average Bonchev–Trinajstić information content (AvgIpc) is 3.48. The lowest BCUT2D eigenvalue weighted by molar-refractivity contribution is -0.128. The zero-order valence-corrected chi connectivity index (χ0v) is 21.3. The van der Waals surface area contributed by atoms with E-state index in [4.69, 9.17) is 9.47 Å². The number of nitrogens with one attached hydrogen (secondary N) is 4. The molecule has 0 fully saturated rings. The first-order chi connectivity index (χ1) is 18.4. The van der Waals surface area contributed by atoms with Crippen LogP contribution < -0.4 is 10.6 Å². The average molecular weight is 545 g/mol. The predicted octanol–water partition coefficient (Wildman–Crippen LogP) is 3.06. The number of H-pyrrole nitrogens is 2. The summed E-state index contributed by atoms with van der Waals surface area (Å²) >= 11 is 0.0880. The number of phenols is 2. The van der Waals surface area contributed by atoms with Crippen LogP contribution in [0, 0.1) is 0 Å². The molecule has 4 aromatic rings. The van der Waals surface area contributed by atoms with Crippen LogP contribution >= 0.6 is 12.1 Å². The molecule has 6 N–H and O–H groups in total. The van der Waals surface area contributed by atoms with Gasteiger partial charge in [-0.25, -0.2) is 0 Å². The number of rotatable bonds is 14. The Hall–Kier alpha value is -3.74. The van der Waals surface area contributed by atoms with Gasteiger partial charge in [0.25, 0.3) is 0 Å². The van der Waals surface area contributed by atoms with Crippen molar-refractivity contribution in [2.24, 2.45) is 0 Å². The second-order valence-corrected chi connectivity index (χ2v) is 9.08. The van der Waals surface area contributed by atoms with Crippen molar-refractivity contribution in [2.45, 2.75) is 18.9 Å². The zero-order chi connectivity index (χ0) is 26.9. The maximum absolute atomic E-state index is 13.1. The van der Waals surface area contributed by atoms with Gasteiger partial charge in [0.1, 0.15) is 23.5 Å². The van der Waals surface area contributed by atoms with E-state index in [0.29, 0.717) is 5.56 Å². The van der Waals surface area contributed by atoms with Crippen molar-refractivity contribution in [3.63, 3.8) is 0 Å². The van der Waals surface area contributed by atoms with Gasteiger partial charge < -0.3 is 40.3 Å². The summed E-state index contributed by atoms with van der Waals surface area (Å²) in [5.74, 6) is -0.632. The number of halogens is 1. The van der Waals surface area contributed by atoms with E-state index < -0.39 is 11.9 Å². The molecule has 2 aromatic carbocycles. The summed E-state index contributed by atoms with van der Waals surface area (Å²) in [7, 11) is 0. The quantitative estimate of drug-likeness (QED) is 0.106. The maximum Gasteiger partial charge on any atom is 0.243 e. The number of phenolic OH excluding ortho intramolecular Hbond substituents is 2. The summed E-state index contributed by atoms with van der Waals surface area (Å²) in [4.78, 5) is 32.3. The molecule has 0 saturated carbocycles. The van der Waals surface area contributed by atoms with E-state index in [1.807, 2.05) is 0 Å². The maximum atomic E-state index is 13.1. The molecule has 4 rings (SSSR count). The SMILES string of the molecule is O=C(Cc1c[nH]c2ccc(O)cc12)NC(Cc1c[nH]c2ccc(O)cc12)C(=O)NCCOCCOCSF. The summed E-state index contributed by atoms with van der Waals surface area (Å²) in [6.45, 7) is 0.927. The first-order valence-corrected chi connectivity index (χ1v) is 12.9. The molecule has 202 valence electrons. The Morgan fingerprint density at radius 3 is 2.24 bits per heavy atom. The third-order valence-corrected chi connectivity index (χ3v) is 6.23. The largest absolute Gasteiger partial charge is 0.508 e. The number of fused-ring (bicyclic) bond motifs is 2. The van der Waals surface area contributed by atoms with Crippen LogP contribution in [0.15, 0.2) is 48.8 Å². The highest BCUT2D eigenvalue weighted by Crippen LogP contribution is 2.25. The number of carbonyl (C=O) groups is 2. The highest BCUT2D eigenvalue weighted by atomic mass is 32.2. The van der Waals surface area contributed by atoms with Crippen molar-refractivity contribution in [2.75, 3.05) is 32.3 Å². The predicted molar refractivity (Wildman–Crippen MR) is 143 cm³/mol. The van der Waals surface area contributed by atoms with Crippen molar-refractivity contribution in [3.05, 3.63) is 59.9 Å². The molecule has 2 heterocycles. The minimum Gasteiger partial charge on any atom is -0.508 e. The van der Waals surface area contributed by atoms with E-state index in [0.717, 1.165) is 27.4 Å². The number of ether oxygens (including phenoxy) is 2. The normalized spacial score (nSPS) is 12.1. The first kappa shape index (κ1) is 27.3. The smallest absolute Gasteiger partial charge is 0.243 e. The second-order valence-electron chi connectivity index (χ2n) is 8.63. The van der Waals surface area contributed by atoms with Gasteiger partial charge >= 0.3 is 0 Å². The highest BCUT2D eigenvalue weighted by molar-refractivity contribution is 7.94. The van der Waals surface area contributed by atoms with Crippen molar-refractivity contribution in [1.29, 1.82) is 0 Å². The molecule has 12 heteroatoms. The molecule has 0 radical (unpaired) electrons. The number of amides is 2. The van der Waals surface area contributed by atoms with Gasteiger partial charge in [-0.1, -0.05) is 0 Å². The van der Waals surface area contributed by atoms with Crippen LogP contribution in [-0.2, 0) is 31.9 Å². The van der Waals surface area contributed by atoms with Crippen LogP contribution in [-0.4, -0.2) is 70.3 Å². The van der Waals surface area contributed by atoms with Gasteiger partial charge in [-0.05, 0) is 47.5 Å². The minimum atomic E-state index is -0.896. The van der Waals surface area contributed by atoms with E-state index in [2.05, 4.69) is 20.6 Å². The van der Waals surface area contributed by atoms with Gasteiger partial charge in [0.2, 0.25) is 11.8 Å². The molecule has 1 unspecified atom stereocenters. The summed E-state index contributed by atoms with van der Waals surface area (Å²) < 4.78 is 22.3. The molecule has 38 heavy (non-hydrogen) atoms. The fourth-order valence-corrected chi connectivity index (χ4v) is 4.36. The molecule has 0 saturated heterocycles. The van der Waals surface area contributed by atoms with E-state index in [9.17, 15) is 23.7 Å². The molecule has 0 bridgehead atoms. The number of aromatic amines is 2. The lowest BCUT2D eigenvalue weighted by Gasteiger charge is -2.18. The third-order valence-electron chi connectivity index (χ3n) is 5.97. The lowest BCUT2D eigenvalue weighted by atomic mass is 10.0. The molecule has 0 aliphatic rings. The van der Waals surface area contributed by atoms with Crippen molar-refractivity contribution >= 4 is 45.8 Å². The Kier molecular flexibility index (Phi) is 9.46. The number of hydrogen-bond acceptors (Lipinski definition) is 7. The molecular weight excluding hydrogens is 515 g/mol. The molecule has 0 aliphatic heterocycles. The highest BCUT2D eigenvalue weighted by Gasteiger charge is 2.23. The molecule has 0 spiro atoms. The Labute approximate surface area is 222 Å². The topological polar surface area (TPSA) is 149 Å². The van der Waals surface area contributed by atoms with Gasteiger partial charge in [-0.3, -0.25) is 9.59 Å². The number of benzene rings is 2. The summed E-state index contributed by atoms with van der Waals surface area (Å²) in [5, 5.41) is 26.8. The van der Waals surface area contributed by atoms with Crippen LogP contribution in [0.5, 0.6) is 11.5 Å². The molecule has 10 nitrogen and oxygen atoms in total. The molecule has 2 aromatic heterocycles. The van der Waals surface area contributed by atoms with Gasteiger partial charge in [0, 0.05) is 47.2 Å². The standard InChI is InChI=1S/C26H29FN4O6S/c27-38-15-37-8-7-36-6-5-28-26(35)24(9-16-13-29-22-3-1-18(32)11-20(16)22)31-25(34)10-17-14-30-23-4-2-19(33)12-21(17)23/h1-4,11-14,24,29-30,32-33H,5-10,15H2,(H,28,35)(H,31,34). The summed E-state index contributed by atoms with van der Waals surface area (Å²) in [6, 6.07) is 8.88. The molecular formula is C26H29FN4O6S. The Balaban J connectivity index is 1.41. The Morgan fingerprint density at radius 1 is 0.921 bits per heavy atom. The first-order valence-electron chi connectivity index (χ1n) is 12.0. The van der Waals surface area contributed by atoms with Gasteiger partial charge in [-0.2, -0.15) is 3.89 Å². The summed E-state index contributed by atoms with van der Waals surface area (Å²) in [6.07, 6.45) is 3.64. The Morgan fingerprint density at radius 2 is 1.55 bits per heavy atom. The van der Waals surface area contributed by atoms with E-state index >= 15 is 0 Å². The number of aromatic hydroxyl groups is 2. The van der Waals surface area contributed by atoms with Gasteiger partial charge in [0.15, 0.2) is 0 Å². The van der Waals surface area contributed by atoms with Crippen LogP contribution in [0.3, 0.4) is 0 Å². The third kappa shape index (κ3) is 7.18.